The van der Waals surface area contributed by atoms with E-state index in [1.807, 2.05) is 0 Å². The largest absolute Gasteiger partial charge is 0.481 e. The molecule has 0 radical (unpaired) electrons. The Balaban J connectivity index is -0.000000239. The normalized spacial score (nSPS) is 19.8. The number of rotatable bonds is 12. The van der Waals surface area contributed by atoms with E-state index in [-0.39, 0.29) is 70.3 Å². The first-order valence-electron chi connectivity index (χ1n) is 14.3. The molecule has 2 heterocycles. The van der Waals surface area contributed by atoms with Crippen molar-refractivity contribution in [1.82, 2.24) is 21.3 Å². The maximum Gasteiger partial charge on any atom is 0.305 e. The first kappa shape index (κ1) is 55.6. The van der Waals surface area contributed by atoms with Crippen molar-refractivity contribution in [3.63, 3.8) is 0 Å². The van der Waals surface area contributed by atoms with Gasteiger partial charge in [0.25, 0.3) is 0 Å². The minimum absolute atomic E-state index is 0. The van der Waals surface area contributed by atoms with E-state index < -0.39 is 60.8 Å². The summed E-state index contributed by atoms with van der Waals surface area (Å²) in [6, 6.07) is -3.90. The van der Waals surface area contributed by atoms with Crippen LogP contribution in [0.5, 0.6) is 0 Å². The van der Waals surface area contributed by atoms with Crippen LogP contribution < -0.4 is 32.7 Å². The quantitative estimate of drug-likeness (QED) is 0.0947. The second-order valence-corrected chi connectivity index (χ2v) is 18.0. The molecule has 4 amide bonds. The van der Waals surface area contributed by atoms with Crippen molar-refractivity contribution in [3.8, 4) is 0 Å². The van der Waals surface area contributed by atoms with Crippen molar-refractivity contribution in [3.05, 3.63) is 0 Å². The number of carboxylic acids is 2. The van der Waals surface area contributed by atoms with E-state index in [4.69, 9.17) is 21.7 Å². The number of hydrogen-bond donors (Lipinski definition) is 8. The zero-order valence-electron chi connectivity index (χ0n) is 29.7. The predicted octanol–water partition coefficient (Wildman–Crippen LogP) is -3.96. The minimum atomic E-state index is -1.17. The molecule has 0 aromatic heterocycles. The lowest BCUT2D eigenvalue weighted by atomic mass is 9.89. The number of hydrogen-bond acceptors (Lipinski definition) is 10. The summed E-state index contributed by atoms with van der Waals surface area (Å²) in [5.74, 6) is -4.22. The van der Waals surface area contributed by atoms with Crippen LogP contribution in [-0.4, -0.2) is 128 Å². The number of carbonyl (C=O) groups excluding carboxylic acids is 4. The van der Waals surface area contributed by atoms with Crippen LogP contribution in [0.4, 0.5) is 0 Å². The molecule has 0 spiro atoms. The predicted molar refractivity (Wildman–Crippen MR) is 189 cm³/mol. The number of carboxylic acid groups (broad SMARTS) is 2. The average Bonchev–Trinajstić information content (AvgIpc) is 2.83. The van der Waals surface area contributed by atoms with Gasteiger partial charge in [-0.25, -0.2) is 0 Å². The topological polar surface area (TPSA) is 401 Å². The molecule has 20 N–H and O–H groups in total. The highest BCUT2D eigenvalue weighted by molar-refractivity contribution is 8.03. The van der Waals surface area contributed by atoms with E-state index in [9.17, 15) is 28.8 Å². The zero-order chi connectivity index (χ0) is 34.6. The Bertz CT molecular complexity index is 1030. The van der Waals surface area contributed by atoms with Gasteiger partial charge in [0.15, 0.2) is 0 Å². The fourth-order valence-corrected chi connectivity index (χ4v) is 9.94. The molecule has 21 heteroatoms. The van der Waals surface area contributed by atoms with Gasteiger partial charge in [-0.1, -0.05) is 0 Å². The fraction of sp³-hybridized carbons (Fsp3) is 0.786. The number of thioether (sulfide) groups is 2. The highest BCUT2D eigenvalue weighted by Gasteiger charge is 2.55. The van der Waals surface area contributed by atoms with Gasteiger partial charge < -0.3 is 70.3 Å². The molecule has 0 bridgehead atoms. The van der Waals surface area contributed by atoms with E-state index >= 15 is 0 Å². The third-order valence-electron chi connectivity index (χ3n) is 7.37. The molecule has 2 aliphatic heterocycles. The maximum atomic E-state index is 12.2. The van der Waals surface area contributed by atoms with Crippen molar-refractivity contribution in [1.29, 1.82) is 0 Å². The Morgan fingerprint density at radius 2 is 0.776 bits per heavy atom. The first-order valence-corrected chi connectivity index (χ1v) is 15.9. The number of amides is 4. The maximum absolute atomic E-state index is 12.2. The molecule has 19 nitrogen and oxygen atoms in total. The molecule has 0 aliphatic carbocycles. The molecule has 0 aromatic carbocycles. The monoisotopic (exact) mass is 752 g/mol. The lowest BCUT2D eigenvalue weighted by Crippen LogP contribution is -2.68. The molecule has 2 aliphatic rings. The Labute approximate surface area is 295 Å². The van der Waals surface area contributed by atoms with Gasteiger partial charge in [0.2, 0.25) is 23.6 Å². The number of aliphatic carboxylic acids is 2. The Morgan fingerprint density at radius 3 is 0.959 bits per heavy atom. The molecule has 4 atom stereocenters. The number of nitrogens with one attached hydrogen (secondary N) is 4. The minimum Gasteiger partial charge on any atom is -0.481 e. The van der Waals surface area contributed by atoms with Crippen LogP contribution in [0, 0.1) is 0 Å². The van der Waals surface area contributed by atoms with Crippen molar-refractivity contribution in [2.24, 2.45) is 11.5 Å². The van der Waals surface area contributed by atoms with Crippen LogP contribution in [0.2, 0.25) is 0 Å². The molecule has 2 saturated heterocycles. The summed E-state index contributed by atoms with van der Waals surface area (Å²) in [7, 11) is 0. The molecule has 0 unspecified atom stereocenters. The van der Waals surface area contributed by atoms with Crippen molar-refractivity contribution >= 4 is 59.1 Å². The molecule has 0 saturated carbocycles. The van der Waals surface area contributed by atoms with Gasteiger partial charge in [-0.2, -0.15) is 0 Å². The third-order valence-corrected chi connectivity index (χ3v) is 10.4. The Hall–Kier alpha value is -2.76. The molecule has 2 fully saturated rings. The zero-order valence-corrected chi connectivity index (χ0v) is 31.3. The summed E-state index contributed by atoms with van der Waals surface area (Å²) in [6.45, 7) is 19.5. The SMILES string of the molecule is C[C@H](NC(=O)[C@@H](N)CC(=O)O)C(=O)NC1C(C)(C)SC1(C)C.C[C@H](NC(=O)[C@@H](N)CC(=O)O)C(=O)NC1C(C)(C)SC1(C)C.O.O.O.O.O. The van der Waals surface area contributed by atoms with Gasteiger partial charge in [0, 0.05) is 19.0 Å². The second-order valence-electron chi connectivity index (χ2n) is 13.4. The Kier molecular flexibility index (Phi) is 23.6. The van der Waals surface area contributed by atoms with Gasteiger partial charge in [0.05, 0.1) is 37.0 Å². The van der Waals surface area contributed by atoms with Crippen LogP contribution in [0.25, 0.3) is 0 Å². The summed E-state index contributed by atoms with van der Waals surface area (Å²) in [4.78, 5) is 68.9. The molecule has 292 valence electrons. The van der Waals surface area contributed by atoms with Crippen LogP contribution in [0.1, 0.15) is 82.1 Å². The molecule has 2 rings (SSSR count). The van der Waals surface area contributed by atoms with Crippen LogP contribution in [-0.2, 0) is 28.8 Å². The van der Waals surface area contributed by atoms with Gasteiger partial charge >= 0.3 is 11.9 Å². The lowest BCUT2D eigenvalue weighted by Gasteiger charge is -2.57. The number of carbonyl (C=O) groups is 6. The van der Waals surface area contributed by atoms with Crippen molar-refractivity contribution < 1.29 is 66.4 Å². The van der Waals surface area contributed by atoms with Gasteiger partial charge in [-0.15, -0.1) is 23.5 Å². The molecular weight excluding hydrogens is 692 g/mol. The van der Waals surface area contributed by atoms with E-state index in [0.717, 1.165) is 0 Å². The van der Waals surface area contributed by atoms with Gasteiger partial charge in [0.1, 0.15) is 12.1 Å². The van der Waals surface area contributed by atoms with E-state index in [0.29, 0.717) is 0 Å². The van der Waals surface area contributed by atoms with Crippen LogP contribution in [0.15, 0.2) is 0 Å². The second kappa shape index (κ2) is 20.8. The summed E-state index contributed by atoms with van der Waals surface area (Å²) >= 11 is 3.58. The van der Waals surface area contributed by atoms with Gasteiger partial charge in [-0.05, 0) is 69.2 Å². The fourth-order valence-electron chi connectivity index (χ4n) is 5.71. The van der Waals surface area contributed by atoms with Crippen molar-refractivity contribution in [2.75, 3.05) is 0 Å². The highest BCUT2D eigenvalue weighted by atomic mass is 32.2. The summed E-state index contributed by atoms with van der Waals surface area (Å²) in [5, 5.41) is 28.0. The van der Waals surface area contributed by atoms with E-state index in [1.165, 1.54) is 0 Å². The first-order chi connectivity index (χ1) is 19.7. The average molecular weight is 753 g/mol. The molecule has 49 heavy (non-hydrogen) atoms. The highest BCUT2D eigenvalue weighted by Crippen LogP contribution is 2.55. The Morgan fingerprint density at radius 1 is 0.551 bits per heavy atom. The van der Waals surface area contributed by atoms with E-state index in [1.54, 1.807) is 37.4 Å². The third kappa shape index (κ3) is 15.8. The summed E-state index contributed by atoms with van der Waals surface area (Å²) < 4.78 is -0.267. The van der Waals surface area contributed by atoms with E-state index in [2.05, 4.69) is 76.7 Å². The lowest BCUT2D eigenvalue weighted by molar-refractivity contribution is -0.140. The molecule has 0 aromatic rings. The standard InChI is InChI=1S/2C14H25N3O4S.5H2O/c2*1-7(16-11(21)8(15)6-9(18)19)10(20)17-12-13(2,3)22-14(12,4)5;;;;;/h2*7-8,12H,6,15H2,1-5H3,(H,16,21)(H,17,20)(H,18,19);5*1H2/t2*7-,8-;;;;;/m00...../s1. The summed E-state index contributed by atoms with van der Waals surface area (Å²) in [6.07, 6.45) is -0.945. The van der Waals surface area contributed by atoms with Crippen molar-refractivity contribution in [2.45, 2.75) is 137 Å². The number of nitrogens with two attached hydrogens (primary N) is 2. The summed E-state index contributed by atoms with van der Waals surface area (Å²) in [5.41, 5.74) is 10.9. The molecular formula is C28H60N6O13S2. The van der Waals surface area contributed by atoms with Gasteiger partial charge in [-0.3, -0.25) is 28.8 Å². The van der Waals surface area contributed by atoms with Crippen LogP contribution >= 0.6 is 23.5 Å². The van der Waals surface area contributed by atoms with Crippen LogP contribution in [0.3, 0.4) is 0 Å². The smallest absolute Gasteiger partial charge is 0.305 e.